The number of aryl methyl sites for hydroxylation is 1. The minimum atomic E-state index is 0.0233. The third kappa shape index (κ3) is 4.95. The van der Waals surface area contributed by atoms with Crippen LogP contribution < -0.4 is 5.32 Å². The first-order valence-electron chi connectivity index (χ1n) is 6.89. The van der Waals surface area contributed by atoms with Gasteiger partial charge in [-0.2, -0.15) is 0 Å². The van der Waals surface area contributed by atoms with Gasteiger partial charge < -0.3 is 5.32 Å². The molecule has 0 atom stereocenters. The molecule has 0 saturated heterocycles. The Bertz CT molecular complexity index is 598. The highest BCUT2D eigenvalue weighted by Gasteiger charge is 2.10. The summed E-state index contributed by atoms with van der Waals surface area (Å²) in [6.07, 6.45) is 0. The van der Waals surface area contributed by atoms with Crippen molar-refractivity contribution >= 4 is 38.9 Å². The highest BCUT2D eigenvalue weighted by molar-refractivity contribution is 9.10. The highest BCUT2D eigenvalue weighted by Crippen LogP contribution is 2.20. The molecule has 1 aromatic carbocycles. The summed E-state index contributed by atoms with van der Waals surface area (Å²) < 4.78 is 1.05. The molecule has 0 saturated carbocycles. The fourth-order valence-corrected chi connectivity index (χ4v) is 3.02. The number of amides is 1. The van der Waals surface area contributed by atoms with Crippen LogP contribution in [0.15, 0.2) is 40.2 Å². The van der Waals surface area contributed by atoms with Crippen molar-refractivity contribution < 1.29 is 4.79 Å². The highest BCUT2D eigenvalue weighted by atomic mass is 79.9. The van der Waals surface area contributed by atoms with Crippen LogP contribution in [-0.4, -0.2) is 23.9 Å². The first kappa shape index (κ1) is 16.2. The molecule has 1 N–H and O–H groups in total. The first-order valence-corrected chi connectivity index (χ1v) is 8.56. The van der Waals surface area contributed by atoms with Crippen LogP contribution in [0.5, 0.6) is 0 Å². The molecule has 1 heterocycles. The Kier molecular flexibility index (Phi) is 5.96. The summed E-state index contributed by atoms with van der Waals surface area (Å²) in [5, 5.41) is 5.02. The van der Waals surface area contributed by atoms with E-state index in [1.54, 1.807) is 11.3 Å². The number of nitrogens with zero attached hydrogens (tertiary/aromatic N) is 1. The van der Waals surface area contributed by atoms with Crippen molar-refractivity contribution in [3.05, 3.63) is 50.6 Å². The summed E-state index contributed by atoms with van der Waals surface area (Å²) in [6.45, 7) is 6.16. The van der Waals surface area contributed by atoms with Crippen LogP contribution in [0, 0.1) is 6.92 Å². The molecule has 2 rings (SSSR count). The van der Waals surface area contributed by atoms with E-state index in [4.69, 9.17) is 0 Å². The largest absolute Gasteiger partial charge is 0.325 e. The number of likely N-dealkylation sites (N-methyl/N-ethyl adjacent to an activating group) is 1. The van der Waals surface area contributed by atoms with Gasteiger partial charge in [-0.1, -0.05) is 28.9 Å². The number of hydrogen-bond acceptors (Lipinski definition) is 3. The lowest BCUT2D eigenvalue weighted by Gasteiger charge is -2.19. The van der Waals surface area contributed by atoms with Gasteiger partial charge in [-0.3, -0.25) is 9.69 Å². The van der Waals surface area contributed by atoms with E-state index in [9.17, 15) is 4.79 Å². The first-order chi connectivity index (χ1) is 10.1. The quantitative estimate of drug-likeness (QED) is 0.827. The molecule has 112 valence electrons. The Morgan fingerprint density at radius 2 is 2.19 bits per heavy atom. The molecular weight excluding hydrogens is 348 g/mol. The van der Waals surface area contributed by atoms with E-state index in [2.05, 4.69) is 44.5 Å². The number of anilines is 1. The van der Waals surface area contributed by atoms with Crippen molar-refractivity contribution in [3.63, 3.8) is 0 Å². The molecule has 5 heteroatoms. The van der Waals surface area contributed by atoms with E-state index >= 15 is 0 Å². The van der Waals surface area contributed by atoms with Crippen molar-refractivity contribution in [2.24, 2.45) is 0 Å². The van der Waals surface area contributed by atoms with Gasteiger partial charge in [0.2, 0.25) is 5.91 Å². The molecule has 1 aromatic heterocycles. The van der Waals surface area contributed by atoms with Crippen LogP contribution in [-0.2, 0) is 11.3 Å². The number of carbonyl (C=O) groups excluding carboxylic acids is 1. The fraction of sp³-hybridized carbons (Fsp3) is 0.312. The van der Waals surface area contributed by atoms with Crippen molar-refractivity contribution in [2.75, 3.05) is 18.4 Å². The summed E-state index contributed by atoms with van der Waals surface area (Å²) in [6, 6.07) is 9.97. The smallest absolute Gasteiger partial charge is 0.238 e. The lowest BCUT2D eigenvalue weighted by molar-refractivity contribution is -0.117. The summed E-state index contributed by atoms with van der Waals surface area (Å²) >= 11 is 5.18. The Morgan fingerprint density at radius 3 is 2.81 bits per heavy atom. The standard InChI is InChI=1S/C16H19BrN2OS/c1-3-19(10-14-5-4-8-21-14)11-16(20)18-13-6-7-15(17)12(2)9-13/h4-9H,3,10-11H2,1-2H3,(H,18,20). The second-order valence-electron chi connectivity index (χ2n) is 4.89. The van der Waals surface area contributed by atoms with Crippen LogP contribution in [0.2, 0.25) is 0 Å². The number of benzene rings is 1. The maximum absolute atomic E-state index is 12.1. The van der Waals surface area contributed by atoms with Gasteiger partial charge in [-0.25, -0.2) is 0 Å². The van der Waals surface area contributed by atoms with Gasteiger partial charge >= 0.3 is 0 Å². The fourth-order valence-electron chi connectivity index (χ4n) is 2.03. The molecule has 1 amide bonds. The molecule has 0 aliphatic heterocycles. The van der Waals surface area contributed by atoms with E-state index in [0.717, 1.165) is 28.8 Å². The van der Waals surface area contributed by atoms with Crippen LogP contribution in [0.3, 0.4) is 0 Å². The van der Waals surface area contributed by atoms with Crippen LogP contribution in [0.1, 0.15) is 17.4 Å². The lowest BCUT2D eigenvalue weighted by atomic mass is 10.2. The zero-order valence-electron chi connectivity index (χ0n) is 12.2. The second-order valence-corrected chi connectivity index (χ2v) is 6.78. The van der Waals surface area contributed by atoms with Crippen molar-refractivity contribution in [2.45, 2.75) is 20.4 Å². The average molecular weight is 367 g/mol. The molecule has 21 heavy (non-hydrogen) atoms. The van der Waals surface area contributed by atoms with Gasteiger partial charge in [-0.15, -0.1) is 11.3 Å². The monoisotopic (exact) mass is 366 g/mol. The number of rotatable bonds is 6. The van der Waals surface area contributed by atoms with Crippen molar-refractivity contribution in [1.82, 2.24) is 4.90 Å². The molecule has 0 aliphatic carbocycles. The number of halogens is 1. The number of carbonyl (C=O) groups is 1. The average Bonchev–Trinajstić information content (AvgIpc) is 2.95. The van der Waals surface area contributed by atoms with Gasteiger partial charge in [0.15, 0.2) is 0 Å². The Balaban J connectivity index is 1.91. The minimum absolute atomic E-state index is 0.0233. The van der Waals surface area contributed by atoms with Crippen LogP contribution >= 0.6 is 27.3 Å². The number of nitrogens with one attached hydrogen (secondary N) is 1. The molecule has 0 spiro atoms. The molecule has 0 radical (unpaired) electrons. The normalized spacial score (nSPS) is 10.9. The Labute approximate surface area is 138 Å². The zero-order chi connectivity index (χ0) is 15.2. The Hall–Kier alpha value is -1.17. The maximum Gasteiger partial charge on any atom is 0.238 e. The summed E-state index contributed by atoms with van der Waals surface area (Å²) in [5.74, 6) is 0.0233. The van der Waals surface area contributed by atoms with Gasteiger partial charge in [0.05, 0.1) is 6.54 Å². The van der Waals surface area contributed by atoms with E-state index in [0.29, 0.717) is 6.54 Å². The van der Waals surface area contributed by atoms with Gasteiger partial charge in [0, 0.05) is 21.6 Å². The topological polar surface area (TPSA) is 32.3 Å². The van der Waals surface area contributed by atoms with E-state index in [1.807, 2.05) is 31.2 Å². The van der Waals surface area contributed by atoms with E-state index in [-0.39, 0.29) is 5.91 Å². The van der Waals surface area contributed by atoms with Crippen LogP contribution in [0.4, 0.5) is 5.69 Å². The third-order valence-electron chi connectivity index (χ3n) is 3.22. The third-order valence-corrected chi connectivity index (χ3v) is 4.97. The molecule has 2 aromatic rings. The molecule has 0 aliphatic rings. The van der Waals surface area contributed by atoms with Crippen molar-refractivity contribution in [1.29, 1.82) is 0 Å². The summed E-state index contributed by atoms with van der Waals surface area (Å²) in [5.41, 5.74) is 1.95. The van der Waals surface area contributed by atoms with Gasteiger partial charge in [0.1, 0.15) is 0 Å². The van der Waals surface area contributed by atoms with Crippen molar-refractivity contribution in [3.8, 4) is 0 Å². The maximum atomic E-state index is 12.1. The Morgan fingerprint density at radius 1 is 1.38 bits per heavy atom. The van der Waals surface area contributed by atoms with Gasteiger partial charge in [0.25, 0.3) is 0 Å². The predicted molar refractivity (Wildman–Crippen MR) is 92.8 cm³/mol. The SMILES string of the molecule is CCN(CC(=O)Nc1ccc(Br)c(C)c1)Cc1cccs1. The van der Waals surface area contributed by atoms with E-state index in [1.165, 1.54) is 4.88 Å². The molecular formula is C16H19BrN2OS. The predicted octanol–water partition coefficient (Wildman–Crippen LogP) is 4.28. The lowest BCUT2D eigenvalue weighted by Crippen LogP contribution is -2.32. The minimum Gasteiger partial charge on any atom is -0.325 e. The number of hydrogen-bond donors (Lipinski definition) is 1. The molecule has 3 nitrogen and oxygen atoms in total. The summed E-state index contributed by atoms with van der Waals surface area (Å²) in [7, 11) is 0. The number of thiophene rings is 1. The van der Waals surface area contributed by atoms with E-state index < -0.39 is 0 Å². The van der Waals surface area contributed by atoms with Crippen LogP contribution in [0.25, 0.3) is 0 Å². The molecule has 0 fully saturated rings. The second kappa shape index (κ2) is 7.73. The zero-order valence-corrected chi connectivity index (χ0v) is 14.6. The molecule has 0 unspecified atom stereocenters. The molecule has 0 bridgehead atoms. The summed E-state index contributed by atoms with van der Waals surface area (Å²) in [4.78, 5) is 15.6. The van der Waals surface area contributed by atoms with Gasteiger partial charge in [-0.05, 0) is 48.7 Å².